The standard InChI is InChI=1S/C15H26N4OS/c1-4-8-16-13-11(2)14(17-9-5-10-21(3)20)19-15(18-13)12-6-7-12/h12H,4-10H2,1-3H3,(H2,16,17,18,19). The van der Waals surface area contributed by atoms with Crippen LogP contribution in [0.5, 0.6) is 0 Å². The second-order valence-electron chi connectivity index (χ2n) is 5.66. The van der Waals surface area contributed by atoms with Crippen LogP contribution in [0.3, 0.4) is 0 Å². The minimum atomic E-state index is -0.724. The maximum absolute atomic E-state index is 11.1. The van der Waals surface area contributed by atoms with Gasteiger partial charge in [-0.3, -0.25) is 4.21 Å². The van der Waals surface area contributed by atoms with Gasteiger partial charge >= 0.3 is 0 Å². The van der Waals surface area contributed by atoms with Gasteiger partial charge in [-0.1, -0.05) is 6.92 Å². The first-order valence-electron chi connectivity index (χ1n) is 7.78. The van der Waals surface area contributed by atoms with E-state index in [-0.39, 0.29) is 0 Å². The van der Waals surface area contributed by atoms with E-state index in [2.05, 4.69) is 34.4 Å². The second kappa shape index (κ2) is 7.73. The monoisotopic (exact) mass is 310 g/mol. The first-order valence-corrected chi connectivity index (χ1v) is 9.50. The summed E-state index contributed by atoms with van der Waals surface area (Å²) in [6, 6.07) is 0. The zero-order valence-electron chi connectivity index (χ0n) is 13.2. The van der Waals surface area contributed by atoms with Crippen molar-refractivity contribution in [3.05, 3.63) is 11.4 Å². The van der Waals surface area contributed by atoms with Gasteiger partial charge in [-0.05, 0) is 32.6 Å². The van der Waals surface area contributed by atoms with Gasteiger partial charge in [0.1, 0.15) is 17.5 Å². The third-order valence-electron chi connectivity index (χ3n) is 3.55. The van der Waals surface area contributed by atoms with E-state index in [0.29, 0.717) is 5.92 Å². The number of nitrogens with zero attached hydrogens (tertiary/aromatic N) is 2. The first kappa shape index (κ1) is 16.2. The quantitative estimate of drug-likeness (QED) is 0.686. The highest BCUT2D eigenvalue weighted by Crippen LogP contribution is 2.39. The summed E-state index contributed by atoms with van der Waals surface area (Å²) in [5.74, 6) is 4.10. The van der Waals surface area contributed by atoms with Gasteiger partial charge < -0.3 is 10.6 Å². The van der Waals surface area contributed by atoms with Gasteiger partial charge in [0, 0.05) is 47.4 Å². The topological polar surface area (TPSA) is 66.9 Å². The summed E-state index contributed by atoms with van der Waals surface area (Å²) < 4.78 is 11.1. The highest BCUT2D eigenvalue weighted by molar-refractivity contribution is 7.84. The largest absolute Gasteiger partial charge is 0.370 e. The maximum atomic E-state index is 11.1. The molecule has 2 rings (SSSR count). The van der Waals surface area contributed by atoms with E-state index in [1.165, 1.54) is 12.8 Å². The molecule has 1 heterocycles. The summed E-state index contributed by atoms with van der Waals surface area (Å²) in [4.78, 5) is 9.36. The van der Waals surface area contributed by atoms with E-state index < -0.39 is 10.8 Å². The summed E-state index contributed by atoms with van der Waals surface area (Å²) >= 11 is 0. The van der Waals surface area contributed by atoms with Gasteiger partial charge in [0.15, 0.2) is 0 Å². The number of anilines is 2. The van der Waals surface area contributed by atoms with Crippen LogP contribution in [0.1, 0.15) is 49.9 Å². The van der Waals surface area contributed by atoms with Crippen LogP contribution in [0.25, 0.3) is 0 Å². The molecule has 1 unspecified atom stereocenters. The van der Waals surface area contributed by atoms with Crippen LogP contribution in [0.15, 0.2) is 0 Å². The minimum absolute atomic E-state index is 0.538. The molecule has 1 aliphatic rings. The van der Waals surface area contributed by atoms with E-state index in [1.54, 1.807) is 6.26 Å². The Balaban J connectivity index is 2.06. The van der Waals surface area contributed by atoms with Crippen molar-refractivity contribution in [2.75, 3.05) is 35.7 Å². The molecule has 1 aromatic heterocycles. The Bertz CT molecular complexity index is 503. The lowest BCUT2D eigenvalue weighted by Gasteiger charge is -2.14. The van der Waals surface area contributed by atoms with Crippen LogP contribution in [0, 0.1) is 6.92 Å². The average Bonchev–Trinajstić information content (AvgIpc) is 3.28. The Labute approximate surface area is 129 Å². The highest BCUT2D eigenvalue weighted by Gasteiger charge is 2.28. The van der Waals surface area contributed by atoms with Gasteiger partial charge in [-0.25, -0.2) is 9.97 Å². The molecule has 6 heteroatoms. The molecule has 1 aromatic rings. The van der Waals surface area contributed by atoms with E-state index >= 15 is 0 Å². The van der Waals surface area contributed by atoms with Gasteiger partial charge in [0.25, 0.3) is 0 Å². The molecule has 21 heavy (non-hydrogen) atoms. The van der Waals surface area contributed by atoms with Crippen molar-refractivity contribution in [1.29, 1.82) is 0 Å². The third kappa shape index (κ3) is 4.95. The van der Waals surface area contributed by atoms with Gasteiger partial charge in [0.2, 0.25) is 0 Å². The summed E-state index contributed by atoms with van der Waals surface area (Å²) in [6.07, 6.45) is 6.11. The fraction of sp³-hybridized carbons (Fsp3) is 0.733. The first-order chi connectivity index (χ1) is 10.1. The molecule has 118 valence electrons. The molecule has 1 saturated carbocycles. The van der Waals surface area contributed by atoms with Crippen LogP contribution in [-0.4, -0.2) is 39.3 Å². The third-order valence-corrected chi connectivity index (χ3v) is 4.41. The van der Waals surface area contributed by atoms with Crippen molar-refractivity contribution in [3.8, 4) is 0 Å². The number of hydrogen-bond donors (Lipinski definition) is 2. The molecule has 2 N–H and O–H groups in total. The predicted octanol–water partition coefficient (Wildman–Crippen LogP) is 2.66. The van der Waals surface area contributed by atoms with Crippen molar-refractivity contribution >= 4 is 22.4 Å². The Morgan fingerprint density at radius 3 is 2.33 bits per heavy atom. The zero-order chi connectivity index (χ0) is 15.2. The van der Waals surface area contributed by atoms with Crippen molar-refractivity contribution in [2.24, 2.45) is 0 Å². The second-order valence-corrected chi connectivity index (χ2v) is 7.22. The molecule has 0 bridgehead atoms. The lowest BCUT2D eigenvalue weighted by molar-refractivity contribution is 0.685. The van der Waals surface area contributed by atoms with Crippen molar-refractivity contribution < 1.29 is 4.21 Å². The number of hydrogen-bond acceptors (Lipinski definition) is 5. The molecule has 1 fully saturated rings. The van der Waals surface area contributed by atoms with E-state index in [4.69, 9.17) is 0 Å². The van der Waals surface area contributed by atoms with Crippen LogP contribution >= 0.6 is 0 Å². The maximum Gasteiger partial charge on any atom is 0.136 e. The molecule has 5 nitrogen and oxygen atoms in total. The number of aromatic nitrogens is 2. The fourth-order valence-electron chi connectivity index (χ4n) is 2.13. The molecule has 0 aliphatic heterocycles. The lowest BCUT2D eigenvalue weighted by Crippen LogP contribution is -2.13. The van der Waals surface area contributed by atoms with E-state index in [1.807, 2.05) is 0 Å². The van der Waals surface area contributed by atoms with Crippen molar-refractivity contribution in [3.63, 3.8) is 0 Å². The summed E-state index contributed by atoms with van der Waals surface area (Å²) in [7, 11) is -0.724. The molecule has 1 aliphatic carbocycles. The summed E-state index contributed by atoms with van der Waals surface area (Å²) in [5.41, 5.74) is 1.07. The van der Waals surface area contributed by atoms with Crippen molar-refractivity contribution in [2.45, 2.75) is 45.4 Å². The molecular formula is C15H26N4OS. The van der Waals surface area contributed by atoms with Gasteiger partial charge in [-0.2, -0.15) is 0 Å². The van der Waals surface area contributed by atoms with E-state index in [0.717, 1.165) is 54.7 Å². The predicted molar refractivity (Wildman–Crippen MR) is 89.6 cm³/mol. The van der Waals surface area contributed by atoms with Gasteiger partial charge in [-0.15, -0.1) is 0 Å². The van der Waals surface area contributed by atoms with E-state index in [9.17, 15) is 4.21 Å². The fourth-order valence-corrected chi connectivity index (χ4v) is 2.68. The number of rotatable bonds is 9. The lowest BCUT2D eigenvalue weighted by atomic mass is 10.2. The zero-order valence-corrected chi connectivity index (χ0v) is 14.1. The minimum Gasteiger partial charge on any atom is -0.370 e. The van der Waals surface area contributed by atoms with Crippen LogP contribution in [-0.2, 0) is 10.8 Å². The normalized spacial score (nSPS) is 15.8. The van der Waals surface area contributed by atoms with Crippen LogP contribution < -0.4 is 10.6 Å². The van der Waals surface area contributed by atoms with Gasteiger partial charge in [0.05, 0.1) is 0 Å². The summed E-state index contributed by atoms with van der Waals surface area (Å²) in [5, 5.41) is 6.78. The molecule has 0 saturated heterocycles. The molecule has 0 aromatic carbocycles. The van der Waals surface area contributed by atoms with Crippen LogP contribution in [0.4, 0.5) is 11.6 Å². The average molecular weight is 310 g/mol. The van der Waals surface area contributed by atoms with Crippen LogP contribution in [0.2, 0.25) is 0 Å². The number of nitrogens with one attached hydrogen (secondary N) is 2. The highest BCUT2D eigenvalue weighted by atomic mass is 32.2. The molecule has 0 radical (unpaired) electrons. The summed E-state index contributed by atoms with van der Waals surface area (Å²) in [6.45, 7) is 5.93. The molecule has 1 atom stereocenters. The molecular weight excluding hydrogens is 284 g/mol. The molecule has 0 spiro atoms. The SMILES string of the molecule is CCCNc1nc(C2CC2)nc(NCCCS(C)=O)c1C. The Kier molecular flexibility index (Phi) is 5.96. The Morgan fingerprint density at radius 1 is 1.19 bits per heavy atom. The Hall–Kier alpha value is -1.17. The van der Waals surface area contributed by atoms with Crippen molar-refractivity contribution in [1.82, 2.24) is 9.97 Å². The molecule has 0 amide bonds. The Morgan fingerprint density at radius 2 is 1.81 bits per heavy atom. The smallest absolute Gasteiger partial charge is 0.136 e.